The summed E-state index contributed by atoms with van der Waals surface area (Å²) in [7, 11) is 0. The topological polar surface area (TPSA) is 62.2 Å². The van der Waals surface area contributed by atoms with Crippen LogP contribution in [0.25, 0.3) is 0 Å². The van der Waals surface area contributed by atoms with Crippen LogP contribution in [-0.2, 0) is 6.54 Å². The molecule has 1 aromatic carbocycles. The number of nitrogens with zero attached hydrogens (tertiary/aromatic N) is 1. The fourth-order valence-electron chi connectivity index (χ4n) is 2.90. The lowest BCUT2D eigenvalue weighted by Crippen LogP contribution is -2.45. The minimum absolute atomic E-state index is 0. The van der Waals surface area contributed by atoms with Crippen LogP contribution in [0.15, 0.2) is 18.2 Å². The van der Waals surface area contributed by atoms with Gasteiger partial charge in [0, 0.05) is 19.1 Å². The molecule has 0 aliphatic carbocycles. The second kappa shape index (κ2) is 7.11. The number of ether oxygens (including phenoxy) is 2. The Bertz CT molecular complexity index is 466. The summed E-state index contributed by atoms with van der Waals surface area (Å²) >= 11 is 0. The number of hydrogen-bond donors (Lipinski definition) is 2. The molecule has 0 spiro atoms. The number of fused-ring (bicyclic) bond motifs is 1. The Morgan fingerprint density at radius 3 is 2.71 bits per heavy atom. The molecule has 1 saturated heterocycles. The van der Waals surface area contributed by atoms with Crippen molar-refractivity contribution in [2.24, 2.45) is 0 Å². The minimum atomic E-state index is -0.288. The molecule has 1 fully saturated rings. The second-order valence-corrected chi connectivity index (χ2v) is 5.46. The highest BCUT2D eigenvalue weighted by Crippen LogP contribution is 2.31. The predicted octanol–water partition coefficient (Wildman–Crippen LogP) is 1.41. The van der Waals surface area contributed by atoms with E-state index in [1.165, 1.54) is 0 Å². The van der Waals surface area contributed by atoms with E-state index in [0.717, 1.165) is 36.6 Å². The molecule has 2 heterocycles. The normalized spacial score (nSPS) is 25.2. The molecule has 0 bridgehead atoms. The first-order valence-electron chi connectivity index (χ1n) is 7.18. The first kappa shape index (κ1) is 16.1. The minimum Gasteiger partial charge on any atom is -0.486 e. The lowest BCUT2D eigenvalue weighted by molar-refractivity contribution is 0.0128. The third-order valence-corrected chi connectivity index (χ3v) is 4.01. The summed E-state index contributed by atoms with van der Waals surface area (Å²) in [4.78, 5) is 2.22. The quantitative estimate of drug-likeness (QED) is 0.883. The lowest BCUT2D eigenvalue weighted by atomic mass is 9.99. The van der Waals surface area contributed by atoms with Crippen LogP contribution < -0.4 is 9.47 Å². The Kier molecular flexibility index (Phi) is 5.45. The highest BCUT2D eigenvalue weighted by Gasteiger charge is 2.27. The number of likely N-dealkylation sites (tertiary alicyclic amines) is 1. The highest BCUT2D eigenvalue weighted by atomic mass is 16.6. The largest absolute Gasteiger partial charge is 0.486 e. The Morgan fingerprint density at radius 2 is 1.95 bits per heavy atom. The van der Waals surface area contributed by atoms with Crippen molar-refractivity contribution in [1.29, 1.82) is 0 Å². The van der Waals surface area contributed by atoms with Crippen molar-refractivity contribution in [3.63, 3.8) is 0 Å². The van der Waals surface area contributed by atoms with Crippen LogP contribution in [-0.4, -0.2) is 53.6 Å². The van der Waals surface area contributed by atoms with Gasteiger partial charge in [-0.25, -0.2) is 0 Å². The standard InChI is InChI=1S/C15H21NO4.CH4/c17-10-12-8-13(18)3-4-16(12)9-11-1-2-14-15(7-11)20-6-5-19-14;/h1-2,7,12-13,17-18H,3-6,8-10H2;1H4. The molecule has 0 amide bonds. The zero-order valence-electron chi connectivity index (χ0n) is 11.5. The lowest BCUT2D eigenvalue weighted by Gasteiger charge is -2.37. The van der Waals surface area contributed by atoms with Crippen LogP contribution in [0.5, 0.6) is 11.5 Å². The van der Waals surface area contributed by atoms with Crippen molar-refractivity contribution in [2.45, 2.75) is 39.0 Å². The number of aliphatic hydroxyl groups is 2. The molecule has 0 radical (unpaired) electrons. The molecule has 118 valence electrons. The van der Waals surface area contributed by atoms with Crippen LogP contribution in [0.2, 0.25) is 0 Å². The van der Waals surface area contributed by atoms with Gasteiger partial charge in [0.15, 0.2) is 11.5 Å². The number of aliphatic hydroxyl groups excluding tert-OH is 2. The van der Waals surface area contributed by atoms with Gasteiger partial charge < -0.3 is 19.7 Å². The smallest absolute Gasteiger partial charge is 0.161 e. The van der Waals surface area contributed by atoms with Gasteiger partial charge in [-0.3, -0.25) is 4.90 Å². The molecule has 2 aliphatic rings. The van der Waals surface area contributed by atoms with E-state index in [1.54, 1.807) is 0 Å². The van der Waals surface area contributed by atoms with Gasteiger partial charge in [-0.1, -0.05) is 13.5 Å². The zero-order valence-corrected chi connectivity index (χ0v) is 11.5. The maximum Gasteiger partial charge on any atom is 0.161 e. The molecule has 2 unspecified atom stereocenters. The average Bonchev–Trinajstić information content (AvgIpc) is 2.49. The van der Waals surface area contributed by atoms with E-state index in [1.807, 2.05) is 18.2 Å². The van der Waals surface area contributed by atoms with E-state index in [-0.39, 0.29) is 26.2 Å². The van der Waals surface area contributed by atoms with Crippen LogP contribution >= 0.6 is 0 Å². The molecule has 5 heteroatoms. The first-order chi connectivity index (χ1) is 9.76. The zero-order chi connectivity index (χ0) is 13.9. The van der Waals surface area contributed by atoms with Gasteiger partial charge in [0.05, 0.1) is 12.7 Å². The Labute approximate surface area is 126 Å². The van der Waals surface area contributed by atoms with E-state index in [0.29, 0.717) is 19.6 Å². The highest BCUT2D eigenvalue weighted by molar-refractivity contribution is 5.43. The summed E-state index contributed by atoms with van der Waals surface area (Å²) in [5, 5.41) is 19.1. The third kappa shape index (κ3) is 3.67. The molecule has 1 aromatic rings. The van der Waals surface area contributed by atoms with Crippen molar-refractivity contribution in [2.75, 3.05) is 26.4 Å². The van der Waals surface area contributed by atoms with Gasteiger partial charge in [-0.2, -0.15) is 0 Å². The van der Waals surface area contributed by atoms with Gasteiger partial charge in [-0.05, 0) is 30.5 Å². The summed E-state index contributed by atoms with van der Waals surface area (Å²) in [6.45, 7) is 2.84. The molecule has 3 rings (SSSR count). The number of hydrogen-bond acceptors (Lipinski definition) is 5. The van der Waals surface area contributed by atoms with Gasteiger partial charge >= 0.3 is 0 Å². The van der Waals surface area contributed by atoms with Crippen LogP contribution in [0.3, 0.4) is 0 Å². The Balaban J connectivity index is 0.00000161. The molecular formula is C16H25NO4. The van der Waals surface area contributed by atoms with Gasteiger partial charge in [-0.15, -0.1) is 0 Å². The van der Waals surface area contributed by atoms with Crippen LogP contribution in [0.4, 0.5) is 0 Å². The molecule has 21 heavy (non-hydrogen) atoms. The van der Waals surface area contributed by atoms with E-state index < -0.39 is 0 Å². The van der Waals surface area contributed by atoms with Crippen molar-refractivity contribution in [3.05, 3.63) is 23.8 Å². The Morgan fingerprint density at radius 1 is 1.19 bits per heavy atom. The first-order valence-corrected chi connectivity index (χ1v) is 7.18. The van der Waals surface area contributed by atoms with Crippen LogP contribution in [0.1, 0.15) is 25.8 Å². The summed E-state index contributed by atoms with van der Waals surface area (Å²) in [6.07, 6.45) is 1.12. The van der Waals surface area contributed by atoms with Gasteiger partial charge in [0.2, 0.25) is 0 Å². The van der Waals surface area contributed by atoms with Crippen LogP contribution in [0, 0.1) is 0 Å². The number of benzene rings is 1. The molecule has 0 aromatic heterocycles. The molecule has 2 aliphatic heterocycles. The number of piperidine rings is 1. The fourth-order valence-corrected chi connectivity index (χ4v) is 2.90. The maximum absolute atomic E-state index is 9.68. The monoisotopic (exact) mass is 295 g/mol. The maximum atomic E-state index is 9.68. The molecular weight excluding hydrogens is 270 g/mol. The Hall–Kier alpha value is -1.30. The molecule has 2 atom stereocenters. The summed E-state index contributed by atoms with van der Waals surface area (Å²) in [5.74, 6) is 1.60. The molecule has 0 saturated carbocycles. The third-order valence-electron chi connectivity index (χ3n) is 4.01. The van der Waals surface area contributed by atoms with E-state index in [2.05, 4.69) is 4.90 Å². The molecule has 5 nitrogen and oxygen atoms in total. The van der Waals surface area contributed by atoms with E-state index in [4.69, 9.17) is 9.47 Å². The summed E-state index contributed by atoms with van der Waals surface area (Å²) in [5.41, 5.74) is 1.14. The van der Waals surface area contributed by atoms with Crippen molar-refractivity contribution in [1.82, 2.24) is 4.90 Å². The SMILES string of the molecule is C.OCC1CC(O)CCN1Cc1ccc2c(c1)OCCO2. The summed E-state index contributed by atoms with van der Waals surface area (Å²) in [6, 6.07) is 6.02. The van der Waals surface area contributed by atoms with Crippen molar-refractivity contribution in [3.8, 4) is 11.5 Å². The average molecular weight is 295 g/mol. The van der Waals surface area contributed by atoms with E-state index in [9.17, 15) is 10.2 Å². The second-order valence-electron chi connectivity index (χ2n) is 5.46. The molecule has 2 N–H and O–H groups in total. The van der Waals surface area contributed by atoms with Crippen molar-refractivity contribution >= 4 is 0 Å². The van der Waals surface area contributed by atoms with Gasteiger partial charge in [0.25, 0.3) is 0 Å². The van der Waals surface area contributed by atoms with Gasteiger partial charge in [0.1, 0.15) is 13.2 Å². The van der Waals surface area contributed by atoms with E-state index >= 15 is 0 Å². The van der Waals surface area contributed by atoms with Crippen molar-refractivity contribution < 1.29 is 19.7 Å². The predicted molar refractivity (Wildman–Crippen MR) is 80.7 cm³/mol. The number of rotatable bonds is 3. The summed E-state index contributed by atoms with van der Waals surface area (Å²) < 4.78 is 11.1. The fraction of sp³-hybridized carbons (Fsp3) is 0.625.